The summed E-state index contributed by atoms with van der Waals surface area (Å²) in [4.78, 5) is 13.3. The highest BCUT2D eigenvalue weighted by Crippen LogP contribution is 2.28. The monoisotopic (exact) mass is 349 g/mol. The van der Waals surface area contributed by atoms with Crippen molar-refractivity contribution in [1.29, 1.82) is 0 Å². The summed E-state index contributed by atoms with van der Waals surface area (Å²) in [5.74, 6) is 1.15. The van der Waals surface area contributed by atoms with E-state index in [0.717, 1.165) is 10.5 Å². The summed E-state index contributed by atoms with van der Waals surface area (Å²) in [5, 5.41) is 3.58. The number of methoxy groups -OCH3 is 2. The van der Waals surface area contributed by atoms with E-state index in [1.807, 2.05) is 31.3 Å². The van der Waals surface area contributed by atoms with Crippen LogP contribution < -0.4 is 19.7 Å². The Balaban J connectivity index is 1.95. The number of carbonyl (C=O) groups is 1. The molecule has 2 N–H and O–H groups in total. The Morgan fingerprint density at radius 1 is 1.17 bits per heavy atom. The number of anilines is 1. The molecule has 0 radical (unpaired) electrons. The molecule has 128 valence electrons. The minimum atomic E-state index is -0.0852. The van der Waals surface area contributed by atoms with Crippen LogP contribution in [0.5, 0.6) is 11.5 Å². The van der Waals surface area contributed by atoms with Crippen molar-refractivity contribution in [3.63, 3.8) is 0 Å². The third kappa shape index (κ3) is 5.15. The van der Waals surface area contributed by atoms with Crippen molar-refractivity contribution in [3.8, 4) is 11.5 Å². The van der Waals surface area contributed by atoms with Gasteiger partial charge in [-0.2, -0.15) is 0 Å². The number of quaternary nitrogens is 1. The van der Waals surface area contributed by atoms with Crippen LogP contribution in [0.1, 0.15) is 5.56 Å². The summed E-state index contributed by atoms with van der Waals surface area (Å²) in [7, 11) is 5.11. The van der Waals surface area contributed by atoms with Crippen LogP contribution >= 0.6 is 11.6 Å². The number of nitrogens with one attached hydrogen (secondary N) is 2. The molecular weight excluding hydrogens is 328 g/mol. The molecule has 0 heterocycles. The maximum atomic E-state index is 12.3. The Hall–Kier alpha value is -2.24. The van der Waals surface area contributed by atoms with E-state index in [9.17, 15) is 4.79 Å². The number of amides is 1. The molecule has 0 aromatic heterocycles. The van der Waals surface area contributed by atoms with Gasteiger partial charge >= 0.3 is 0 Å². The van der Waals surface area contributed by atoms with Crippen molar-refractivity contribution in [2.75, 3.05) is 33.1 Å². The molecular formula is C18H22ClN2O3+. The third-order valence-electron chi connectivity index (χ3n) is 3.54. The third-order valence-corrected chi connectivity index (χ3v) is 3.78. The minimum absolute atomic E-state index is 0.0852. The number of carbonyl (C=O) groups excluding carboxylic acids is 1. The van der Waals surface area contributed by atoms with Gasteiger partial charge in [-0.25, -0.2) is 0 Å². The van der Waals surface area contributed by atoms with Gasteiger partial charge in [0.2, 0.25) is 0 Å². The quantitative estimate of drug-likeness (QED) is 0.804. The number of ether oxygens (including phenoxy) is 2. The fourth-order valence-electron chi connectivity index (χ4n) is 2.43. The number of halogens is 1. The lowest BCUT2D eigenvalue weighted by atomic mass is 10.2. The summed E-state index contributed by atoms with van der Waals surface area (Å²) < 4.78 is 10.4. The van der Waals surface area contributed by atoms with Crippen LogP contribution in [-0.2, 0) is 11.3 Å². The smallest absolute Gasteiger partial charge is 0.279 e. The average Bonchev–Trinajstić information content (AvgIpc) is 2.54. The van der Waals surface area contributed by atoms with Crippen LogP contribution in [0.2, 0.25) is 5.02 Å². The highest BCUT2D eigenvalue weighted by Gasteiger charge is 2.13. The van der Waals surface area contributed by atoms with Crippen LogP contribution in [0.3, 0.4) is 0 Å². The average molecular weight is 350 g/mol. The first-order valence-corrected chi connectivity index (χ1v) is 7.97. The second kappa shape index (κ2) is 8.57. The first kappa shape index (κ1) is 18.1. The molecule has 1 atom stereocenters. The molecule has 5 nitrogen and oxygen atoms in total. The first-order valence-electron chi connectivity index (χ1n) is 7.59. The van der Waals surface area contributed by atoms with Crippen LogP contribution in [0.15, 0.2) is 42.5 Å². The SMILES string of the molecule is COc1ccc(NC(=O)C[NH+](C)Cc2cccc(Cl)c2)c(OC)c1. The van der Waals surface area contributed by atoms with Crippen molar-refractivity contribution < 1.29 is 19.2 Å². The molecule has 0 fully saturated rings. The standard InChI is InChI=1S/C18H21ClN2O3/c1-21(11-13-5-4-6-14(19)9-13)12-18(22)20-16-8-7-15(23-2)10-17(16)24-3/h4-10H,11-12H2,1-3H3,(H,20,22)/p+1. The molecule has 2 aromatic rings. The number of hydrogen-bond donors (Lipinski definition) is 2. The normalized spacial score (nSPS) is 11.7. The lowest BCUT2D eigenvalue weighted by Crippen LogP contribution is -3.08. The summed E-state index contributed by atoms with van der Waals surface area (Å²) in [6.45, 7) is 1.05. The van der Waals surface area contributed by atoms with Gasteiger partial charge in [-0.1, -0.05) is 23.7 Å². The summed E-state index contributed by atoms with van der Waals surface area (Å²) in [6, 6.07) is 12.9. The van der Waals surface area contributed by atoms with Crippen molar-refractivity contribution in [2.24, 2.45) is 0 Å². The predicted molar refractivity (Wildman–Crippen MR) is 95.1 cm³/mol. The van der Waals surface area contributed by atoms with Crippen molar-refractivity contribution in [2.45, 2.75) is 6.54 Å². The number of hydrogen-bond acceptors (Lipinski definition) is 3. The Bertz CT molecular complexity index is 706. The number of likely N-dealkylation sites (N-methyl/N-ethyl adjacent to an activating group) is 1. The second-order valence-electron chi connectivity index (χ2n) is 5.55. The molecule has 2 rings (SSSR count). The van der Waals surface area contributed by atoms with Gasteiger partial charge in [0.25, 0.3) is 5.91 Å². The molecule has 0 aliphatic carbocycles. The highest BCUT2D eigenvalue weighted by atomic mass is 35.5. The van der Waals surface area contributed by atoms with Gasteiger partial charge in [-0.3, -0.25) is 4.79 Å². The lowest BCUT2D eigenvalue weighted by molar-refractivity contribution is -0.885. The van der Waals surface area contributed by atoms with Crippen LogP contribution in [0.25, 0.3) is 0 Å². The van der Waals surface area contributed by atoms with E-state index < -0.39 is 0 Å². The van der Waals surface area contributed by atoms with Gasteiger partial charge in [-0.05, 0) is 24.3 Å². The van der Waals surface area contributed by atoms with Gasteiger partial charge in [0.1, 0.15) is 18.0 Å². The van der Waals surface area contributed by atoms with Gasteiger partial charge < -0.3 is 19.7 Å². The Labute approximate surface area is 147 Å². The molecule has 0 aliphatic heterocycles. The molecule has 1 unspecified atom stereocenters. The van der Waals surface area contributed by atoms with E-state index in [0.29, 0.717) is 35.3 Å². The van der Waals surface area contributed by atoms with Crippen LogP contribution in [0.4, 0.5) is 5.69 Å². The molecule has 6 heteroatoms. The zero-order chi connectivity index (χ0) is 17.5. The second-order valence-corrected chi connectivity index (χ2v) is 5.99. The maximum Gasteiger partial charge on any atom is 0.279 e. The van der Waals surface area contributed by atoms with Crippen LogP contribution in [-0.4, -0.2) is 33.7 Å². The van der Waals surface area contributed by atoms with Gasteiger partial charge in [0.15, 0.2) is 6.54 Å². The minimum Gasteiger partial charge on any atom is -0.497 e. The number of rotatable bonds is 7. The van der Waals surface area contributed by atoms with Gasteiger partial charge in [0.05, 0.1) is 27.0 Å². The largest absolute Gasteiger partial charge is 0.497 e. The van der Waals surface area contributed by atoms with Gasteiger partial charge in [0, 0.05) is 16.7 Å². The molecule has 1 amide bonds. The summed E-state index contributed by atoms with van der Waals surface area (Å²) in [6.07, 6.45) is 0. The Morgan fingerprint density at radius 3 is 2.62 bits per heavy atom. The van der Waals surface area contributed by atoms with Crippen LogP contribution in [0, 0.1) is 0 Å². The summed E-state index contributed by atoms with van der Waals surface area (Å²) >= 11 is 5.99. The topological polar surface area (TPSA) is 52.0 Å². The van der Waals surface area contributed by atoms with Crippen molar-refractivity contribution in [1.82, 2.24) is 0 Å². The van der Waals surface area contributed by atoms with E-state index in [2.05, 4.69) is 5.32 Å². The zero-order valence-corrected chi connectivity index (χ0v) is 14.8. The molecule has 0 spiro atoms. The molecule has 0 saturated carbocycles. The van der Waals surface area contributed by atoms with E-state index >= 15 is 0 Å². The highest BCUT2D eigenvalue weighted by molar-refractivity contribution is 6.30. The van der Waals surface area contributed by atoms with Crippen molar-refractivity contribution in [3.05, 3.63) is 53.1 Å². The fraction of sp³-hybridized carbons (Fsp3) is 0.278. The molecule has 0 aliphatic rings. The predicted octanol–water partition coefficient (Wildman–Crippen LogP) is 2.01. The number of benzene rings is 2. The molecule has 0 bridgehead atoms. The van der Waals surface area contributed by atoms with E-state index in [1.165, 1.54) is 0 Å². The van der Waals surface area contributed by atoms with E-state index in [4.69, 9.17) is 21.1 Å². The Morgan fingerprint density at radius 2 is 1.96 bits per heavy atom. The molecule has 24 heavy (non-hydrogen) atoms. The first-order chi connectivity index (χ1) is 11.5. The molecule has 0 saturated heterocycles. The van der Waals surface area contributed by atoms with E-state index in [1.54, 1.807) is 32.4 Å². The van der Waals surface area contributed by atoms with Gasteiger partial charge in [-0.15, -0.1) is 0 Å². The van der Waals surface area contributed by atoms with E-state index in [-0.39, 0.29) is 5.91 Å². The zero-order valence-electron chi connectivity index (χ0n) is 14.1. The lowest BCUT2D eigenvalue weighted by Gasteiger charge is -2.15. The molecule has 2 aromatic carbocycles. The maximum absolute atomic E-state index is 12.3. The Kier molecular flexibility index (Phi) is 6.46. The van der Waals surface area contributed by atoms with Crippen molar-refractivity contribution >= 4 is 23.2 Å². The fourth-order valence-corrected chi connectivity index (χ4v) is 2.64. The summed E-state index contributed by atoms with van der Waals surface area (Å²) in [5.41, 5.74) is 1.72.